The summed E-state index contributed by atoms with van der Waals surface area (Å²) in [6, 6.07) is 0. The van der Waals surface area contributed by atoms with Gasteiger partial charge in [-0.2, -0.15) is 0 Å². The maximum atomic E-state index is 12.7. The molecule has 0 aromatic heterocycles. The van der Waals surface area contributed by atoms with Crippen molar-refractivity contribution in [1.29, 1.82) is 0 Å². The second kappa shape index (κ2) is 56.4. The van der Waals surface area contributed by atoms with Crippen LogP contribution in [-0.2, 0) is 28.6 Å². The second-order valence-electron chi connectivity index (χ2n) is 18.1. The van der Waals surface area contributed by atoms with Crippen LogP contribution in [-0.4, -0.2) is 37.2 Å². The van der Waals surface area contributed by atoms with E-state index < -0.39 is 6.10 Å². The van der Waals surface area contributed by atoms with Crippen LogP contribution in [0.5, 0.6) is 0 Å². The monoisotopic (exact) mass is 955 g/mol. The standard InChI is InChI=1S/C63H102O6/c1-4-7-10-13-16-19-20-21-22-23-24-25-26-27-28-29-30-31-32-33-34-35-36-37-38-39-40-41-42-45-47-50-53-56-62(65)68-59-60(69-63(66)57-54-51-48-44-18-15-12-9-6-3)58-67-61(64)55-52-49-46-43-17-14-11-8-5-2/h7,10,16,19,21-22,24-25,27-28,30-31,33-34,36-37,39-40,42,45,60H,4-6,8-9,11-15,17-18,20,23,26,29,32,35,38,41,43-44,46-59H2,1-3H3/b10-7-,19-16-,22-21-,25-24-,28-27-,31-30-,34-33-,37-36-,40-39-,45-42-. The second-order valence-corrected chi connectivity index (χ2v) is 18.1. The Labute approximate surface area is 424 Å². The van der Waals surface area contributed by atoms with Gasteiger partial charge in [0.15, 0.2) is 6.10 Å². The summed E-state index contributed by atoms with van der Waals surface area (Å²) in [5.74, 6) is -0.947. The lowest BCUT2D eigenvalue weighted by molar-refractivity contribution is -0.167. The first kappa shape index (κ1) is 64.8. The lowest BCUT2D eigenvalue weighted by atomic mass is 10.1. The van der Waals surface area contributed by atoms with Crippen molar-refractivity contribution in [2.75, 3.05) is 13.2 Å². The van der Waals surface area contributed by atoms with Crippen LogP contribution in [0.4, 0.5) is 0 Å². The number of ether oxygens (including phenoxy) is 3. The Hall–Kier alpha value is -4.19. The number of carbonyl (C=O) groups is 3. The molecule has 0 radical (unpaired) electrons. The minimum atomic E-state index is -0.792. The topological polar surface area (TPSA) is 78.9 Å². The molecular formula is C63H102O6. The van der Waals surface area contributed by atoms with Gasteiger partial charge >= 0.3 is 17.9 Å². The maximum Gasteiger partial charge on any atom is 0.306 e. The van der Waals surface area contributed by atoms with E-state index in [1.807, 2.05) is 0 Å². The fourth-order valence-electron chi connectivity index (χ4n) is 7.29. The van der Waals surface area contributed by atoms with Crippen molar-refractivity contribution in [3.8, 4) is 0 Å². The van der Waals surface area contributed by atoms with Crippen molar-refractivity contribution in [2.24, 2.45) is 0 Å². The summed E-state index contributed by atoms with van der Waals surface area (Å²) in [6.45, 7) is 6.43. The van der Waals surface area contributed by atoms with Crippen molar-refractivity contribution < 1.29 is 28.6 Å². The van der Waals surface area contributed by atoms with Gasteiger partial charge < -0.3 is 14.2 Å². The molecule has 0 aliphatic rings. The fourth-order valence-corrected chi connectivity index (χ4v) is 7.29. The molecule has 0 heterocycles. The molecular weight excluding hydrogens is 853 g/mol. The third kappa shape index (κ3) is 54.6. The number of rotatable bonds is 49. The summed E-state index contributed by atoms with van der Waals surface area (Å²) in [7, 11) is 0. The molecule has 0 aromatic carbocycles. The third-order valence-electron chi connectivity index (χ3n) is 11.5. The zero-order chi connectivity index (χ0) is 50.0. The predicted molar refractivity (Wildman–Crippen MR) is 297 cm³/mol. The molecule has 6 nitrogen and oxygen atoms in total. The van der Waals surface area contributed by atoms with Gasteiger partial charge in [0, 0.05) is 19.3 Å². The molecule has 0 saturated carbocycles. The maximum absolute atomic E-state index is 12.7. The number of esters is 3. The van der Waals surface area contributed by atoms with Crippen LogP contribution in [0.3, 0.4) is 0 Å². The Morgan fingerprint density at radius 2 is 0.565 bits per heavy atom. The largest absolute Gasteiger partial charge is 0.462 e. The Bertz CT molecular complexity index is 1470. The average molecular weight is 956 g/mol. The van der Waals surface area contributed by atoms with Gasteiger partial charge in [-0.05, 0) is 96.3 Å². The highest BCUT2D eigenvalue weighted by atomic mass is 16.6. The van der Waals surface area contributed by atoms with E-state index >= 15 is 0 Å². The van der Waals surface area contributed by atoms with E-state index in [4.69, 9.17) is 14.2 Å². The van der Waals surface area contributed by atoms with Gasteiger partial charge in [0.25, 0.3) is 0 Å². The van der Waals surface area contributed by atoms with Crippen molar-refractivity contribution in [1.82, 2.24) is 0 Å². The molecule has 0 bridgehead atoms. The Morgan fingerprint density at radius 1 is 0.304 bits per heavy atom. The van der Waals surface area contributed by atoms with Crippen LogP contribution < -0.4 is 0 Å². The van der Waals surface area contributed by atoms with Crippen LogP contribution >= 0.6 is 0 Å². The molecule has 0 saturated heterocycles. The summed E-state index contributed by atoms with van der Waals surface area (Å²) < 4.78 is 16.7. The number of carbonyl (C=O) groups excluding carboxylic acids is 3. The fraction of sp³-hybridized carbons (Fsp3) is 0.635. The molecule has 390 valence electrons. The van der Waals surface area contributed by atoms with Gasteiger partial charge in [0.2, 0.25) is 0 Å². The van der Waals surface area contributed by atoms with Gasteiger partial charge in [-0.15, -0.1) is 0 Å². The van der Waals surface area contributed by atoms with Crippen molar-refractivity contribution in [2.45, 2.75) is 245 Å². The molecule has 0 aromatic rings. The van der Waals surface area contributed by atoms with E-state index in [9.17, 15) is 14.4 Å². The molecule has 1 atom stereocenters. The van der Waals surface area contributed by atoms with Gasteiger partial charge in [0.1, 0.15) is 13.2 Å². The van der Waals surface area contributed by atoms with E-state index in [0.29, 0.717) is 19.3 Å². The number of unbranched alkanes of at least 4 members (excludes halogenated alkanes) is 18. The zero-order valence-corrected chi connectivity index (χ0v) is 44.5. The van der Waals surface area contributed by atoms with Crippen molar-refractivity contribution in [3.05, 3.63) is 122 Å². The van der Waals surface area contributed by atoms with E-state index in [1.54, 1.807) is 0 Å². The predicted octanol–water partition coefficient (Wildman–Crippen LogP) is 18.9. The van der Waals surface area contributed by atoms with Crippen LogP contribution in [0.15, 0.2) is 122 Å². The van der Waals surface area contributed by atoms with Crippen molar-refractivity contribution in [3.63, 3.8) is 0 Å². The van der Waals surface area contributed by atoms with Gasteiger partial charge in [-0.25, -0.2) is 0 Å². The van der Waals surface area contributed by atoms with E-state index in [2.05, 4.69) is 142 Å². The van der Waals surface area contributed by atoms with Crippen LogP contribution in [0.1, 0.15) is 239 Å². The van der Waals surface area contributed by atoms with E-state index in [0.717, 1.165) is 122 Å². The number of allylic oxidation sites excluding steroid dienone is 20. The highest BCUT2D eigenvalue weighted by Crippen LogP contribution is 2.14. The molecule has 0 N–H and O–H groups in total. The summed E-state index contributed by atoms with van der Waals surface area (Å²) in [6.07, 6.45) is 77.9. The molecule has 0 spiro atoms. The van der Waals surface area contributed by atoms with Gasteiger partial charge in [0.05, 0.1) is 0 Å². The Kier molecular flexibility index (Phi) is 53.0. The van der Waals surface area contributed by atoms with E-state index in [1.165, 1.54) is 77.0 Å². The van der Waals surface area contributed by atoms with Gasteiger partial charge in [-0.1, -0.05) is 245 Å². The Morgan fingerprint density at radius 3 is 0.884 bits per heavy atom. The smallest absolute Gasteiger partial charge is 0.306 e. The minimum Gasteiger partial charge on any atom is -0.462 e. The quantitative estimate of drug-likeness (QED) is 0.0262. The normalized spacial score (nSPS) is 13.0. The lowest BCUT2D eigenvalue weighted by Gasteiger charge is -2.18. The SMILES string of the molecule is CC/C=C\C/C=C\C/C=C\C/C=C\C/C=C\C/C=C\C/C=C\C/C=C\C/C=C\C/C=C\CCCCC(=O)OCC(COC(=O)CCCCCCCCCCC)OC(=O)CCCCCCCCCCC. The molecule has 69 heavy (non-hydrogen) atoms. The molecule has 0 aliphatic carbocycles. The Balaban J connectivity index is 4.22. The molecule has 0 amide bonds. The number of hydrogen-bond acceptors (Lipinski definition) is 6. The van der Waals surface area contributed by atoms with Crippen LogP contribution in [0, 0.1) is 0 Å². The third-order valence-corrected chi connectivity index (χ3v) is 11.5. The summed E-state index contributed by atoms with van der Waals surface area (Å²) in [5.41, 5.74) is 0. The molecule has 0 aliphatic heterocycles. The van der Waals surface area contributed by atoms with Gasteiger partial charge in [-0.3, -0.25) is 14.4 Å². The van der Waals surface area contributed by atoms with E-state index in [-0.39, 0.29) is 31.1 Å². The summed E-state index contributed by atoms with van der Waals surface area (Å²) >= 11 is 0. The number of hydrogen-bond donors (Lipinski definition) is 0. The summed E-state index contributed by atoms with van der Waals surface area (Å²) in [4.78, 5) is 37.8. The summed E-state index contributed by atoms with van der Waals surface area (Å²) in [5, 5.41) is 0. The molecule has 1 unspecified atom stereocenters. The first-order valence-corrected chi connectivity index (χ1v) is 28.0. The first-order chi connectivity index (χ1) is 34.0. The highest BCUT2D eigenvalue weighted by molar-refractivity contribution is 5.71. The highest BCUT2D eigenvalue weighted by Gasteiger charge is 2.19. The minimum absolute atomic E-state index is 0.0910. The lowest BCUT2D eigenvalue weighted by Crippen LogP contribution is -2.30. The molecule has 0 rings (SSSR count). The van der Waals surface area contributed by atoms with Crippen molar-refractivity contribution >= 4 is 17.9 Å². The molecule has 0 fully saturated rings. The van der Waals surface area contributed by atoms with Crippen LogP contribution in [0.25, 0.3) is 0 Å². The van der Waals surface area contributed by atoms with Crippen LogP contribution in [0.2, 0.25) is 0 Å². The average Bonchev–Trinajstić information content (AvgIpc) is 3.35. The zero-order valence-electron chi connectivity index (χ0n) is 44.5. The molecule has 6 heteroatoms. The first-order valence-electron chi connectivity index (χ1n) is 28.0.